The molecule has 2 aliphatic heterocycles. The van der Waals surface area contributed by atoms with Gasteiger partial charge in [0.2, 0.25) is 5.95 Å². The molecule has 1 saturated heterocycles. The van der Waals surface area contributed by atoms with Crippen molar-refractivity contribution >= 4 is 32.6 Å². The molecule has 0 unspecified atom stereocenters. The zero-order valence-electron chi connectivity index (χ0n) is 22.8. The van der Waals surface area contributed by atoms with Crippen molar-refractivity contribution in [2.24, 2.45) is 0 Å². The van der Waals surface area contributed by atoms with Crippen molar-refractivity contribution in [3.05, 3.63) is 71.7 Å². The van der Waals surface area contributed by atoms with Crippen molar-refractivity contribution in [1.29, 1.82) is 0 Å². The normalized spacial score (nSPS) is 20.3. The quantitative estimate of drug-likeness (QED) is 0.379. The Morgan fingerprint density at radius 3 is 2.66 bits per heavy atom. The van der Waals surface area contributed by atoms with Crippen molar-refractivity contribution in [3.8, 4) is 11.4 Å². The van der Waals surface area contributed by atoms with Gasteiger partial charge in [0.25, 0.3) is 5.91 Å². The lowest BCUT2D eigenvalue weighted by molar-refractivity contribution is -0.00571. The smallest absolute Gasteiger partial charge is 0.251 e. The van der Waals surface area contributed by atoms with E-state index in [4.69, 9.17) is 19.4 Å². The van der Waals surface area contributed by atoms with E-state index in [9.17, 15) is 13.2 Å². The number of carbonyl (C=O) groups is 1. The van der Waals surface area contributed by atoms with E-state index in [1.165, 1.54) is 6.07 Å². The van der Waals surface area contributed by atoms with Crippen LogP contribution in [-0.2, 0) is 32.5 Å². The Morgan fingerprint density at radius 1 is 1.02 bits per heavy atom. The molecule has 41 heavy (non-hydrogen) atoms. The number of fused-ring (bicyclic) bond motifs is 2. The van der Waals surface area contributed by atoms with Gasteiger partial charge in [-0.2, -0.15) is 0 Å². The van der Waals surface area contributed by atoms with Gasteiger partial charge in [-0.1, -0.05) is 6.07 Å². The number of amides is 1. The molecule has 1 fully saturated rings. The first-order valence-electron chi connectivity index (χ1n) is 13.5. The number of morpholine rings is 1. The molecule has 4 aromatic rings. The van der Waals surface area contributed by atoms with Gasteiger partial charge in [0, 0.05) is 36.4 Å². The molecule has 212 valence electrons. The number of carbonyl (C=O) groups excluding carboxylic acids is 1. The van der Waals surface area contributed by atoms with E-state index < -0.39 is 15.7 Å². The first kappa shape index (κ1) is 27.2. The Kier molecular flexibility index (Phi) is 7.37. The van der Waals surface area contributed by atoms with Gasteiger partial charge >= 0.3 is 0 Å². The number of benzene rings is 1. The standard InChI is InChI=1S/C29H30N6O5S/c1-18-15-35(16-19(2)40-18)29-30-8-7-25(34-29)24-6-5-21-13-31-23(12-26(21)33-24)14-32-28(36)20-3-4-22-17-39-9-10-41(37,38)27(22)11-20/h3-8,11-13,18-19H,9-10,14-17H2,1-2H3,(H,32,36)/t18-,19+. The fraction of sp³-hybridized carbons (Fsp3) is 0.345. The average Bonchev–Trinajstić information content (AvgIpc) is 3.12. The highest BCUT2D eigenvalue weighted by Gasteiger charge is 2.25. The van der Waals surface area contributed by atoms with Crippen molar-refractivity contribution in [2.75, 3.05) is 30.3 Å². The van der Waals surface area contributed by atoms with Gasteiger partial charge in [-0.25, -0.2) is 23.4 Å². The van der Waals surface area contributed by atoms with Crippen molar-refractivity contribution in [3.63, 3.8) is 0 Å². The number of ether oxygens (including phenoxy) is 2. The molecule has 1 N–H and O–H groups in total. The Labute approximate surface area is 237 Å². The van der Waals surface area contributed by atoms with Gasteiger partial charge in [-0.15, -0.1) is 0 Å². The lowest BCUT2D eigenvalue weighted by atomic mass is 10.1. The molecule has 0 saturated carbocycles. The minimum absolute atomic E-state index is 0.0932. The van der Waals surface area contributed by atoms with Crippen LogP contribution in [0.5, 0.6) is 0 Å². The average molecular weight is 575 g/mol. The van der Waals surface area contributed by atoms with Crippen LogP contribution in [0.15, 0.2) is 59.8 Å². The van der Waals surface area contributed by atoms with E-state index in [2.05, 4.69) is 20.2 Å². The molecule has 11 nitrogen and oxygen atoms in total. The fourth-order valence-electron chi connectivity index (χ4n) is 5.12. The van der Waals surface area contributed by atoms with Crippen LogP contribution < -0.4 is 10.2 Å². The lowest BCUT2D eigenvalue weighted by Crippen LogP contribution is -2.46. The van der Waals surface area contributed by atoms with E-state index in [1.54, 1.807) is 24.5 Å². The van der Waals surface area contributed by atoms with Gasteiger partial charge in [0.05, 0.1) is 65.2 Å². The third-order valence-electron chi connectivity index (χ3n) is 7.09. The summed E-state index contributed by atoms with van der Waals surface area (Å²) in [6, 6.07) is 12.2. The highest BCUT2D eigenvalue weighted by atomic mass is 32.2. The molecule has 1 aromatic carbocycles. The van der Waals surface area contributed by atoms with Crippen LogP contribution in [0.25, 0.3) is 22.3 Å². The van der Waals surface area contributed by atoms with Gasteiger partial charge in [-0.05, 0) is 55.8 Å². The second-order valence-electron chi connectivity index (χ2n) is 10.3. The summed E-state index contributed by atoms with van der Waals surface area (Å²) >= 11 is 0. The third-order valence-corrected chi connectivity index (χ3v) is 8.84. The molecule has 3 aromatic heterocycles. The maximum atomic E-state index is 12.9. The number of nitrogens with zero attached hydrogens (tertiary/aromatic N) is 5. The fourth-order valence-corrected chi connectivity index (χ4v) is 6.51. The molecule has 0 bridgehead atoms. The highest BCUT2D eigenvalue weighted by molar-refractivity contribution is 7.91. The lowest BCUT2D eigenvalue weighted by Gasteiger charge is -2.35. The van der Waals surface area contributed by atoms with E-state index in [0.717, 1.165) is 18.5 Å². The minimum atomic E-state index is -3.51. The van der Waals surface area contributed by atoms with E-state index in [-0.39, 0.29) is 48.2 Å². The molecule has 5 heterocycles. The summed E-state index contributed by atoms with van der Waals surface area (Å²) in [4.78, 5) is 33.7. The molecule has 0 spiro atoms. The Morgan fingerprint density at radius 2 is 1.83 bits per heavy atom. The predicted molar refractivity (Wildman–Crippen MR) is 152 cm³/mol. The Balaban J connectivity index is 1.19. The maximum absolute atomic E-state index is 12.9. The van der Waals surface area contributed by atoms with Crippen LogP contribution in [0.1, 0.15) is 35.5 Å². The maximum Gasteiger partial charge on any atom is 0.251 e. The molecule has 2 aliphatic rings. The SMILES string of the molecule is C[C@@H]1CN(c2nccc(-c3ccc4cnc(CNC(=O)c5ccc6c(c5)S(=O)(=O)CCOC6)cc4n3)n2)C[C@H](C)O1. The topological polar surface area (TPSA) is 136 Å². The number of nitrogens with one attached hydrogen (secondary N) is 1. The van der Waals surface area contributed by atoms with Gasteiger partial charge < -0.3 is 19.7 Å². The molecule has 0 radical (unpaired) electrons. The molecule has 2 atom stereocenters. The summed E-state index contributed by atoms with van der Waals surface area (Å²) in [6.45, 7) is 6.00. The zero-order chi connectivity index (χ0) is 28.6. The Hall–Kier alpha value is -4.00. The predicted octanol–water partition coefficient (Wildman–Crippen LogP) is 2.93. The number of pyridine rings is 2. The molecule has 12 heteroatoms. The number of hydrogen-bond donors (Lipinski definition) is 1. The summed E-state index contributed by atoms with van der Waals surface area (Å²) in [5.41, 5.74) is 3.56. The monoisotopic (exact) mass is 574 g/mol. The first-order valence-corrected chi connectivity index (χ1v) is 15.1. The number of anilines is 1. The second kappa shape index (κ2) is 11.1. The van der Waals surface area contributed by atoms with Crippen molar-refractivity contribution < 1.29 is 22.7 Å². The highest BCUT2D eigenvalue weighted by Crippen LogP contribution is 2.24. The van der Waals surface area contributed by atoms with Crippen LogP contribution in [-0.4, -0.2) is 71.9 Å². The second-order valence-corrected chi connectivity index (χ2v) is 12.4. The van der Waals surface area contributed by atoms with Crippen LogP contribution in [0.3, 0.4) is 0 Å². The third kappa shape index (κ3) is 5.90. The molecule has 6 rings (SSSR count). The molecule has 1 amide bonds. The van der Waals surface area contributed by atoms with E-state index in [0.29, 0.717) is 34.1 Å². The van der Waals surface area contributed by atoms with E-state index >= 15 is 0 Å². The summed E-state index contributed by atoms with van der Waals surface area (Å²) in [7, 11) is -3.51. The van der Waals surface area contributed by atoms with Gasteiger partial charge in [-0.3, -0.25) is 9.78 Å². The summed E-state index contributed by atoms with van der Waals surface area (Å²) in [5, 5.41) is 3.69. The summed E-state index contributed by atoms with van der Waals surface area (Å²) in [5.74, 6) is 0.142. The molecule has 0 aliphatic carbocycles. The first-order chi connectivity index (χ1) is 19.7. The summed E-state index contributed by atoms with van der Waals surface area (Å²) < 4.78 is 36.4. The van der Waals surface area contributed by atoms with Crippen molar-refractivity contribution in [2.45, 2.75) is 44.1 Å². The van der Waals surface area contributed by atoms with Crippen LogP contribution in [0, 0.1) is 0 Å². The van der Waals surface area contributed by atoms with Crippen LogP contribution >= 0.6 is 0 Å². The molecular weight excluding hydrogens is 544 g/mol. The zero-order valence-corrected chi connectivity index (χ0v) is 23.6. The Bertz CT molecular complexity index is 1720. The van der Waals surface area contributed by atoms with Crippen LogP contribution in [0.4, 0.5) is 5.95 Å². The summed E-state index contributed by atoms with van der Waals surface area (Å²) in [6.07, 6.45) is 3.64. The van der Waals surface area contributed by atoms with Gasteiger partial charge in [0.1, 0.15) is 0 Å². The number of hydrogen-bond acceptors (Lipinski definition) is 10. The van der Waals surface area contributed by atoms with Gasteiger partial charge in [0.15, 0.2) is 9.84 Å². The van der Waals surface area contributed by atoms with E-state index in [1.807, 2.05) is 38.1 Å². The molecular formula is C29H30N6O5S. The number of aromatic nitrogens is 4. The van der Waals surface area contributed by atoms with Crippen molar-refractivity contribution in [1.82, 2.24) is 25.3 Å². The minimum Gasteiger partial charge on any atom is -0.376 e. The number of rotatable bonds is 5. The largest absolute Gasteiger partial charge is 0.376 e. The van der Waals surface area contributed by atoms with Crippen LogP contribution in [0.2, 0.25) is 0 Å². The number of sulfone groups is 1.